The lowest BCUT2D eigenvalue weighted by Gasteiger charge is -2.11. The van der Waals surface area contributed by atoms with Crippen molar-refractivity contribution in [3.8, 4) is 0 Å². The largest absolute Gasteiger partial charge is 0.384 e. The number of anilines is 1. The van der Waals surface area contributed by atoms with Gasteiger partial charge in [0.05, 0.1) is 5.69 Å². The van der Waals surface area contributed by atoms with Gasteiger partial charge in [0.2, 0.25) is 0 Å². The van der Waals surface area contributed by atoms with Crippen LogP contribution in [0.25, 0.3) is 0 Å². The fourth-order valence-corrected chi connectivity index (χ4v) is 1.20. The minimum Gasteiger partial charge on any atom is -0.384 e. The Morgan fingerprint density at radius 1 is 1.47 bits per heavy atom. The molecule has 0 heterocycles. The maximum atomic E-state index is 13.5. The number of benzene rings is 1. The third-order valence-electron chi connectivity index (χ3n) is 1.95. The predicted molar refractivity (Wildman–Crippen MR) is 64.7 cm³/mol. The maximum absolute atomic E-state index is 13.5. The molecule has 0 unspecified atom stereocenters. The second kappa shape index (κ2) is 5.29. The van der Waals surface area contributed by atoms with Gasteiger partial charge in [0, 0.05) is 11.6 Å². The summed E-state index contributed by atoms with van der Waals surface area (Å²) in [6.45, 7) is 3.60. The van der Waals surface area contributed by atoms with E-state index in [2.05, 4.69) is 10.6 Å². The number of rotatable bonds is 3. The average Bonchev–Trinajstić information content (AvgIpc) is 2.19. The van der Waals surface area contributed by atoms with Gasteiger partial charge in [0.25, 0.3) is 0 Å². The second-order valence-electron chi connectivity index (χ2n) is 3.86. The van der Waals surface area contributed by atoms with Gasteiger partial charge in [-0.1, -0.05) is 0 Å². The molecule has 0 radical (unpaired) electrons. The molecule has 5 nitrogen and oxygen atoms in total. The fraction of sp³-hybridized carbons (Fsp3) is 0.273. The first-order valence-corrected chi connectivity index (χ1v) is 5.11. The number of hydrogen-bond acceptors (Lipinski definition) is 2. The van der Waals surface area contributed by atoms with Crippen molar-refractivity contribution in [3.63, 3.8) is 0 Å². The highest BCUT2D eigenvalue weighted by Gasteiger charge is 2.09. The molecule has 92 valence electrons. The summed E-state index contributed by atoms with van der Waals surface area (Å²) in [5, 5.41) is 12.1. The van der Waals surface area contributed by atoms with Gasteiger partial charge < -0.3 is 16.4 Å². The van der Waals surface area contributed by atoms with Crippen LogP contribution < -0.4 is 16.4 Å². The first-order valence-electron chi connectivity index (χ1n) is 5.11. The summed E-state index contributed by atoms with van der Waals surface area (Å²) in [7, 11) is 0. The molecule has 1 rings (SSSR count). The van der Waals surface area contributed by atoms with E-state index in [4.69, 9.17) is 11.1 Å². The highest BCUT2D eigenvalue weighted by atomic mass is 19.1. The smallest absolute Gasteiger partial charge is 0.319 e. The number of amides is 2. The Morgan fingerprint density at radius 2 is 2.12 bits per heavy atom. The van der Waals surface area contributed by atoms with E-state index >= 15 is 0 Å². The number of urea groups is 1. The van der Waals surface area contributed by atoms with E-state index in [1.54, 1.807) is 13.8 Å². The van der Waals surface area contributed by atoms with Crippen LogP contribution in [0.4, 0.5) is 14.9 Å². The van der Waals surface area contributed by atoms with Gasteiger partial charge in [-0.25, -0.2) is 9.18 Å². The molecule has 0 aliphatic carbocycles. The molecule has 1 aromatic carbocycles. The summed E-state index contributed by atoms with van der Waals surface area (Å²) in [6.07, 6.45) is 0. The lowest BCUT2D eigenvalue weighted by atomic mass is 10.2. The van der Waals surface area contributed by atoms with Crippen molar-refractivity contribution >= 4 is 17.6 Å². The van der Waals surface area contributed by atoms with Crippen molar-refractivity contribution in [3.05, 3.63) is 29.6 Å². The molecule has 0 saturated carbocycles. The summed E-state index contributed by atoms with van der Waals surface area (Å²) in [6, 6.07) is 3.43. The standard InChI is InChI=1S/C11H15FN4O/c1-6(2)15-11(17)16-9-4-3-7(10(13)14)5-8(9)12/h3-6H,1-2H3,(H3,13,14)(H2,15,16,17). The van der Waals surface area contributed by atoms with Crippen LogP contribution in [0.1, 0.15) is 19.4 Å². The molecule has 0 aliphatic heterocycles. The van der Waals surface area contributed by atoms with Gasteiger partial charge in [-0.15, -0.1) is 0 Å². The number of hydrogen-bond donors (Lipinski definition) is 4. The summed E-state index contributed by atoms with van der Waals surface area (Å²) < 4.78 is 13.5. The molecule has 1 aromatic rings. The average molecular weight is 238 g/mol. The van der Waals surface area contributed by atoms with Crippen LogP contribution in [0.15, 0.2) is 18.2 Å². The Labute approximate surface area is 98.7 Å². The van der Waals surface area contributed by atoms with Gasteiger partial charge in [-0.3, -0.25) is 5.41 Å². The lowest BCUT2D eigenvalue weighted by Crippen LogP contribution is -2.34. The first kappa shape index (κ1) is 13.0. The first-order chi connectivity index (χ1) is 7.90. The molecular formula is C11H15FN4O. The van der Waals surface area contributed by atoms with Gasteiger partial charge in [0.1, 0.15) is 11.7 Å². The summed E-state index contributed by atoms with van der Waals surface area (Å²) in [4.78, 5) is 11.3. The number of nitrogens with two attached hydrogens (primary N) is 1. The molecule has 0 aliphatic rings. The van der Waals surface area contributed by atoms with Crippen molar-refractivity contribution in [2.75, 3.05) is 5.32 Å². The minimum absolute atomic E-state index is 0.0328. The second-order valence-corrected chi connectivity index (χ2v) is 3.86. The molecule has 0 fully saturated rings. The molecular weight excluding hydrogens is 223 g/mol. The van der Waals surface area contributed by atoms with E-state index in [0.717, 1.165) is 6.07 Å². The van der Waals surface area contributed by atoms with E-state index in [1.807, 2.05) is 0 Å². The van der Waals surface area contributed by atoms with E-state index in [-0.39, 0.29) is 23.1 Å². The van der Waals surface area contributed by atoms with E-state index in [9.17, 15) is 9.18 Å². The molecule has 17 heavy (non-hydrogen) atoms. The number of nitrogens with one attached hydrogen (secondary N) is 3. The van der Waals surface area contributed by atoms with E-state index in [0.29, 0.717) is 0 Å². The summed E-state index contributed by atoms with van der Waals surface area (Å²) in [5.74, 6) is -0.848. The molecule has 5 N–H and O–H groups in total. The van der Waals surface area contributed by atoms with Crippen molar-refractivity contribution in [2.24, 2.45) is 5.73 Å². The zero-order valence-corrected chi connectivity index (χ0v) is 9.67. The third-order valence-corrected chi connectivity index (χ3v) is 1.95. The van der Waals surface area contributed by atoms with Crippen LogP contribution in [0.3, 0.4) is 0 Å². The van der Waals surface area contributed by atoms with Crippen molar-refractivity contribution in [1.82, 2.24) is 5.32 Å². The normalized spacial score (nSPS) is 10.1. The molecule has 6 heteroatoms. The Balaban J connectivity index is 2.79. The van der Waals surface area contributed by atoms with Crippen molar-refractivity contribution < 1.29 is 9.18 Å². The third kappa shape index (κ3) is 3.75. The number of halogens is 1. The summed E-state index contributed by atoms with van der Waals surface area (Å²) >= 11 is 0. The number of carbonyl (C=O) groups is 1. The van der Waals surface area contributed by atoms with Gasteiger partial charge in [-0.05, 0) is 32.0 Å². The van der Waals surface area contributed by atoms with E-state index in [1.165, 1.54) is 12.1 Å². The van der Waals surface area contributed by atoms with Crippen LogP contribution >= 0.6 is 0 Å². The number of carbonyl (C=O) groups excluding carboxylic acids is 1. The number of nitrogen functional groups attached to an aromatic ring is 1. The molecule has 0 atom stereocenters. The summed E-state index contributed by atoms with van der Waals surface area (Å²) in [5.41, 5.74) is 5.54. The van der Waals surface area contributed by atoms with Crippen LogP contribution in [0.2, 0.25) is 0 Å². The maximum Gasteiger partial charge on any atom is 0.319 e. The van der Waals surface area contributed by atoms with Crippen molar-refractivity contribution in [2.45, 2.75) is 19.9 Å². The van der Waals surface area contributed by atoms with Crippen LogP contribution in [0, 0.1) is 11.2 Å². The lowest BCUT2D eigenvalue weighted by molar-refractivity contribution is 0.250. The molecule has 0 spiro atoms. The van der Waals surface area contributed by atoms with Crippen LogP contribution in [-0.2, 0) is 0 Å². The van der Waals surface area contributed by atoms with Crippen LogP contribution in [0.5, 0.6) is 0 Å². The van der Waals surface area contributed by atoms with Gasteiger partial charge >= 0.3 is 6.03 Å². The fourth-order valence-electron chi connectivity index (χ4n) is 1.20. The van der Waals surface area contributed by atoms with Crippen molar-refractivity contribution in [1.29, 1.82) is 5.41 Å². The van der Waals surface area contributed by atoms with E-state index < -0.39 is 11.8 Å². The van der Waals surface area contributed by atoms with Gasteiger partial charge in [-0.2, -0.15) is 0 Å². The quantitative estimate of drug-likeness (QED) is 0.476. The SMILES string of the molecule is CC(C)NC(=O)Nc1ccc(C(=N)N)cc1F. The molecule has 0 bridgehead atoms. The van der Waals surface area contributed by atoms with Crippen LogP contribution in [-0.4, -0.2) is 17.9 Å². The zero-order chi connectivity index (χ0) is 13.0. The minimum atomic E-state index is -0.628. The Kier molecular flexibility index (Phi) is 4.03. The Hall–Kier alpha value is -2.11. The monoisotopic (exact) mass is 238 g/mol. The highest BCUT2D eigenvalue weighted by Crippen LogP contribution is 2.15. The topological polar surface area (TPSA) is 91.0 Å². The Morgan fingerprint density at radius 3 is 2.59 bits per heavy atom. The molecule has 2 amide bonds. The molecule has 0 aromatic heterocycles. The highest BCUT2D eigenvalue weighted by molar-refractivity contribution is 5.96. The molecule has 0 saturated heterocycles. The Bertz CT molecular complexity index is 445. The zero-order valence-electron chi connectivity index (χ0n) is 9.67. The number of amidine groups is 1. The van der Waals surface area contributed by atoms with Gasteiger partial charge in [0.15, 0.2) is 0 Å². The predicted octanol–water partition coefficient (Wildman–Crippen LogP) is 1.64.